The molecule has 1 aromatic rings. The second-order valence-corrected chi connectivity index (χ2v) is 3.68. The van der Waals surface area contributed by atoms with Crippen molar-refractivity contribution in [3.8, 4) is 0 Å². The van der Waals surface area contributed by atoms with Crippen molar-refractivity contribution < 1.29 is 14.9 Å². The topological polar surface area (TPSA) is 85.0 Å². The Morgan fingerprint density at radius 1 is 1.50 bits per heavy atom. The fourth-order valence-corrected chi connectivity index (χ4v) is 1.56. The smallest absolute Gasteiger partial charge is 0.269 e. The Hall–Kier alpha value is -1.95. The lowest BCUT2D eigenvalue weighted by Gasteiger charge is -2.19. The summed E-state index contributed by atoms with van der Waals surface area (Å²) in [4.78, 5) is 14.9. The van der Waals surface area contributed by atoms with E-state index in [9.17, 15) is 15.2 Å². The molecule has 6 nitrogen and oxygen atoms in total. The maximum Gasteiger partial charge on any atom is 0.269 e. The van der Waals surface area contributed by atoms with E-state index in [2.05, 4.69) is 5.16 Å². The third-order valence-corrected chi connectivity index (χ3v) is 2.38. The molecular weight excluding hydrogens is 212 g/mol. The molecule has 1 atom stereocenters. The molecule has 0 saturated heterocycles. The monoisotopic (exact) mass is 222 g/mol. The van der Waals surface area contributed by atoms with Crippen LogP contribution >= 0.6 is 0 Å². The van der Waals surface area contributed by atoms with Crippen LogP contribution in [0.15, 0.2) is 29.4 Å². The lowest BCUT2D eigenvalue weighted by Crippen LogP contribution is -2.25. The van der Waals surface area contributed by atoms with E-state index < -0.39 is 10.7 Å². The van der Waals surface area contributed by atoms with Gasteiger partial charge in [0.2, 0.25) is 0 Å². The predicted molar refractivity (Wildman–Crippen MR) is 55.8 cm³/mol. The zero-order chi connectivity index (χ0) is 11.8. The van der Waals surface area contributed by atoms with Gasteiger partial charge in [0.1, 0.15) is 0 Å². The number of hydrogen-bond donors (Lipinski definition) is 1. The third-order valence-electron chi connectivity index (χ3n) is 2.38. The van der Waals surface area contributed by atoms with E-state index in [0.717, 1.165) is 0 Å². The van der Waals surface area contributed by atoms with Crippen molar-refractivity contribution in [2.45, 2.75) is 19.1 Å². The molecule has 0 aliphatic carbocycles. The van der Waals surface area contributed by atoms with Crippen LogP contribution in [0.3, 0.4) is 0 Å². The van der Waals surface area contributed by atoms with E-state index in [0.29, 0.717) is 11.3 Å². The van der Waals surface area contributed by atoms with Crippen LogP contribution in [0.4, 0.5) is 5.69 Å². The first-order valence-electron chi connectivity index (χ1n) is 4.70. The number of nitro benzene ring substituents is 1. The van der Waals surface area contributed by atoms with Gasteiger partial charge in [0.25, 0.3) is 11.5 Å². The molecule has 0 amide bonds. The molecule has 6 heteroatoms. The number of rotatable bonds is 2. The first-order chi connectivity index (χ1) is 7.51. The maximum atomic E-state index is 10.5. The summed E-state index contributed by atoms with van der Waals surface area (Å²) in [6.07, 6.45) is 0.269. The molecule has 1 aliphatic heterocycles. The molecule has 84 valence electrons. The van der Waals surface area contributed by atoms with E-state index in [1.807, 2.05) is 0 Å². The van der Waals surface area contributed by atoms with Gasteiger partial charge in [-0.15, -0.1) is 0 Å². The van der Waals surface area contributed by atoms with Gasteiger partial charge in [-0.05, 0) is 19.1 Å². The van der Waals surface area contributed by atoms with Crippen molar-refractivity contribution in [3.05, 3.63) is 39.9 Å². The summed E-state index contributed by atoms with van der Waals surface area (Å²) in [6, 6.07) is 5.58. The SMILES string of the molecule is CC1=NO[C@](O)(c2ccc([N+](=O)[O-])cc2)C1. The minimum atomic E-state index is -1.49. The predicted octanol–water partition coefficient (Wildman–Crippen LogP) is 1.54. The standard InChI is InChI=1S/C10H10N2O4/c1-7-6-10(13,16-11-7)8-2-4-9(5-3-8)12(14)15/h2-5,13H,6H2,1H3/t10-/m0/s1. The van der Waals surface area contributed by atoms with Crippen molar-refractivity contribution in [1.29, 1.82) is 0 Å². The van der Waals surface area contributed by atoms with Gasteiger partial charge in [-0.2, -0.15) is 0 Å². The van der Waals surface area contributed by atoms with Gasteiger partial charge in [0.15, 0.2) is 0 Å². The Balaban J connectivity index is 2.26. The third kappa shape index (κ3) is 1.74. The van der Waals surface area contributed by atoms with E-state index in [1.54, 1.807) is 6.92 Å². The van der Waals surface area contributed by atoms with Crippen LogP contribution < -0.4 is 0 Å². The van der Waals surface area contributed by atoms with E-state index in [-0.39, 0.29) is 12.1 Å². The highest BCUT2D eigenvalue weighted by atomic mass is 16.7. The summed E-state index contributed by atoms with van der Waals surface area (Å²) >= 11 is 0. The van der Waals surface area contributed by atoms with Crippen molar-refractivity contribution >= 4 is 11.4 Å². The molecule has 1 aliphatic rings. The Morgan fingerprint density at radius 3 is 2.56 bits per heavy atom. The minimum Gasteiger partial charge on any atom is -0.355 e. The van der Waals surface area contributed by atoms with Crippen molar-refractivity contribution in [2.24, 2.45) is 5.16 Å². The molecule has 0 spiro atoms. The summed E-state index contributed by atoms with van der Waals surface area (Å²) in [5, 5.41) is 24.2. The lowest BCUT2D eigenvalue weighted by molar-refractivity contribution is -0.384. The Labute approximate surface area is 91.3 Å². The van der Waals surface area contributed by atoms with E-state index in [1.165, 1.54) is 24.3 Å². The highest BCUT2D eigenvalue weighted by molar-refractivity contribution is 5.83. The molecule has 2 rings (SSSR count). The molecule has 1 heterocycles. The first kappa shape index (κ1) is 10.6. The molecule has 0 radical (unpaired) electrons. The van der Waals surface area contributed by atoms with E-state index in [4.69, 9.17) is 4.84 Å². The Kier molecular flexibility index (Phi) is 2.35. The number of aliphatic hydroxyl groups is 1. The van der Waals surface area contributed by atoms with Crippen LogP contribution in [-0.2, 0) is 10.6 Å². The molecule has 0 saturated carbocycles. The second-order valence-electron chi connectivity index (χ2n) is 3.68. The average Bonchev–Trinajstić information content (AvgIpc) is 2.60. The number of benzene rings is 1. The van der Waals surface area contributed by atoms with Crippen LogP contribution in [0.2, 0.25) is 0 Å². The lowest BCUT2D eigenvalue weighted by atomic mass is 10.0. The number of non-ortho nitro benzene ring substituents is 1. The quantitative estimate of drug-likeness (QED) is 0.607. The molecule has 0 aromatic heterocycles. The average molecular weight is 222 g/mol. The van der Waals surface area contributed by atoms with E-state index >= 15 is 0 Å². The van der Waals surface area contributed by atoms with Crippen molar-refractivity contribution in [3.63, 3.8) is 0 Å². The van der Waals surface area contributed by atoms with Crippen LogP contribution in [-0.4, -0.2) is 15.7 Å². The Morgan fingerprint density at radius 2 is 2.12 bits per heavy atom. The zero-order valence-electron chi connectivity index (χ0n) is 8.58. The number of oxime groups is 1. The van der Waals surface area contributed by atoms with Gasteiger partial charge < -0.3 is 9.94 Å². The molecular formula is C10H10N2O4. The summed E-state index contributed by atoms with van der Waals surface area (Å²) in [6.45, 7) is 1.74. The number of hydrogen-bond acceptors (Lipinski definition) is 5. The Bertz CT molecular complexity index is 454. The second kappa shape index (κ2) is 3.57. The van der Waals surface area contributed by atoms with Crippen LogP contribution in [0.25, 0.3) is 0 Å². The van der Waals surface area contributed by atoms with Gasteiger partial charge in [-0.3, -0.25) is 10.1 Å². The first-order valence-corrected chi connectivity index (χ1v) is 4.70. The van der Waals surface area contributed by atoms with Gasteiger partial charge in [-0.25, -0.2) is 0 Å². The number of nitrogens with zero attached hydrogens (tertiary/aromatic N) is 2. The van der Waals surface area contributed by atoms with Crippen molar-refractivity contribution in [2.75, 3.05) is 0 Å². The minimum absolute atomic E-state index is 0.0250. The highest BCUT2D eigenvalue weighted by Crippen LogP contribution is 2.32. The molecule has 0 bridgehead atoms. The summed E-state index contributed by atoms with van der Waals surface area (Å²) < 4.78 is 0. The fourth-order valence-electron chi connectivity index (χ4n) is 1.56. The summed E-state index contributed by atoms with van der Waals surface area (Å²) in [5.41, 5.74) is 1.11. The largest absolute Gasteiger partial charge is 0.355 e. The van der Waals surface area contributed by atoms with Crippen molar-refractivity contribution in [1.82, 2.24) is 0 Å². The normalized spacial score (nSPS) is 23.8. The van der Waals surface area contributed by atoms with Gasteiger partial charge in [0, 0.05) is 17.7 Å². The van der Waals surface area contributed by atoms with Gasteiger partial charge in [-0.1, -0.05) is 5.16 Å². The summed E-state index contributed by atoms with van der Waals surface area (Å²) in [5.74, 6) is -1.49. The fraction of sp³-hybridized carbons (Fsp3) is 0.300. The van der Waals surface area contributed by atoms with Gasteiger partial charge in [0.05, 0.1) is 17.1 Å². The molecule has 1 N–H and O–H groups in total. The number of nitro groups is 1. The summed E-state index contributed by atoms with van der Waals surface area (Å²) in [7, 11) is 0. The molecule has 16 heavy (non-hydrogen) atoms. The van der Waals surface area contributed by atoms with Gasteiger partial charge >= 0.3 is 0 Å². The zero-order valence-corrected chi connectivity index (χ0v) is 8.58. The van der Waals surface area contributed by atoms with Crippen LogP contribution in [0.1, 0.15) is 18.9 Å². The molecule has 0 fully saturated rings. The molecule has 1 aromatic carbocycles. The van der Waals surface area contributed by atoms with Crippen LogP contribution in [0.5, 0.6) is 0 Å². The maximum absolute atomic E-state index is 10.5. The molecule has 0 unspecified atom stereocenters. The highest BCUT2D eigenvalue weighted by Gasteiger charge is 2.37. The van der Waals surface area contributed by atoms with Crippen LogP contribution in [0, 0.1) is 10.1 Å².